The fourth-order valence-electron chi connectivity index (χ4n) is 4.83. The van der Waals surface area contributed by atoms with Gasteiger partial charge < -0.3 is 24.0 Å². The maximum absolute atomic E-state index is 13.4. The molecule has 1 unspecified atom stereocenters. The van der Waals surface area contributed by atoms with E-state index in [1.165, 1.54) is 12.1 Å². The predicted molar refractivity (Wildman–Crippen MR) is 118 cm³/mol. The van der Waals surface area contributed by atoms with E-state index in [1.54, 1.807) is 12.1 Å². The van der Waals surface area contributed by atoms with Gasteiger partial charge in [-0.25, -0.2) is 4.39 Å². The van der Waals surface area contributed by atoms with Crippen LogP contribution in [-0.2, 0) is 7.05 Å². The summed E-state index contributed by atoms with van der Waals surface area (Å²) in [5.41, 5.74) is 1.80. The largest absolute Gasteiger partial charge is 0.387 e. The van der Waals surface area contributed by atoms with Crippen LogP contribution in [0.1, 0.15) is 35.0 Å². The minimum atomic E-state index is -0.601. The highest BCUT2D eigenvalue weighted by Gasteiger charge is 2.29. The van der Waals surface area contributed by atoms with Gasteiger partial charge in [-0.05, 0) is 37.6 Å². The number of hydrogen-bond donors (Lipinski definition) is 1. The molecule has 0 aliphatic carbocycles. The van der Waals surface area contributed by atoms with Crippen molar-refractivity contribution in [3.8, 4) is 0 Å². The summed E-state index contributed by atoms with van der Waals surface area (Å²) in [4.78, 5) is 19.4. The highest BCUT2D eigenvalue weighted by Crippen LogP contribution is 2.28. The number of rotatable bonds is 5. The second-order valence-corrected chi connectivity index (χ2v) is 8.65. The van der Waals surface area contributed by atoms with Gasteiger partial charge in [-0.15, -0.1) is 0 Å². The lowest BCUT2D eigenvalue weighted by Crippen LogP contribution is -2.47. The average molecular weight is 442 g/mol. The Labute approximate surface area is 185 Å². The lowest BCUT2D eigenvalue weighted by atomic mass is 10.1. The number of amides is 1. The fraction of sp³-hybridized carbons (Fsp3) is 0.478. The fourth-order valence-corrected chi connectivity index (χ4v) is 4.83. The molecular formula is C23H28FN5O3. The lowest BCUT2D eigenvalue weighted by molar-refractivity contribution is 0.0738. The Morgan fingerprint density at radius 2 is 1.97 bits per heavy atom. The smallest absolute Gasteiger partial charge is 0.255 e. The van der Waals surface area contributed by atoms with Crippen LogP contribution in [0.2, 0.25) is 0 Å². The molecule has 9 heteroatoms. The molecule has 2 aromatic heterocycles. The monoisotopic (exact) mass is 441 g/mol. The van der Waals surface area contributed by atoms with Crippen molar-refractivity contribution in [1.82, 2.24) is 19.5 Å². The van der Waals surface area contributed by atoms with Crippen molar-refractivity contribution in [2.75, 3.05) is 50.7 Å². The number of aromatic nitrogens is 2. The predicted octanol–water partition coefficient (Wildman–Crippen LogP) is 2.40. The average Bonchev–Trinajstić information content (AvgIpc) is 3.36. The second-order valence-electron chi connectivity index (χ2n) is 8.65. The van der Waals surface area contributed by atoms with E-state index in [0.29, 0.717) is 30.7 Å². The van der Waals surface area contributed by atoms with E-state index >= 15 is 0 Å². The van der Waals surface area contributed by atoms with Gasteiger partial charge in [0.15, 0.2) is 11.4 Å². The number of halogens is 1. The van der Waals surface area contributed by atoms with Crippen LogP contribution >= 0.6 is 0 Å². The van der Waals surface area contributed by atoms with E-state index in [0.717, 1.165) is 56.0 Å². The number of aliphatic hydroxyl groups excluding tert-OH is 1. The number of carbonyl (C=O) groups excluding carboxylic acids is 1. The van der Waals surface area contributed by atoms with Crippen LogP contribution in [0.3, 0.4) is 0 Å². The molecule has 2 aliphatic heterocycles. The Balaban J connectivity index is 1.13. The van der Waals surface area contributed by atoms with E-state index in [-0.39, 0.29) is 11.7 Å². The SMILES string of the molecule is Cn1ccc2c1C(O)CCN(CCCN1CCN(c3noc4cc(F)ccc34)CC1)C2=O. The van der Waals surface area contributed by atoms with Crippen molar-refractivity contribution in [2.45, 2.75) is 18.9 Å². The summed E-state index contributed by atoms with van der Waals surface area (Å²) in [6.45, 7) is 5.59. The third-order valence-corrected chi connectivity index (χ3v) is 6.62. The summed E-state index contributed by atoms with van der Waals surface area (Å²) in [7, 11) is 1.87. The van der Waals surface area contributed by atoms with Crippen molar-refractivity contribution >= 4 is 22.7 Å². The molecule has 1 N–H and O–H groups in total. The van der Waals surface area contributed by atoms with Gasteiger partial charge in [0.2, 0.25) is 0 Å². The number of nitrogens with zero attached hydrogens (tertiary/aromatic N) is 5. The highest BCUT2D eigenvalue weighted by molar-refractivity contribution is 5.96. The Morgan fingerprint density at radius 1 is 1.16 bits per heavy atom. The first-order chi connectivity index (χ1) is 15.5. The molecular weight excluding hydrogens is 413 g/mol. The van der Waals surface area contributed by atoms with Crippen LogP contribution in [-0.4, -0.2) is 76.4 Å². The molecule has 0 bridgehead atoms. The van der Waals surface area contributed by atoms with E-state index in [1.807, 2.05) is 22.7 Å². The van der Waals surface area contributed by atoms with Crippen molar-refractivity contribution < 1.29 is 18.8 Å². The Kier molecular flexibility index (Phi) is 5.60. The normalized spacial score (nSPS) is 20.1. The van der Waals surface area contributed by atoms with Gasteiger partial charge in [0.1, 0.15) is 5.82 Å². The molecule has 3 aromatic rings. The second kappa shape index (κ2) is 8.55. The zero-order chi connectivity index (χ0) is 22.2. The number of aliphatic hydroxyl groups is 1. The molecule has 170 valence electrons. The quantitative estimate of drug-likeness (QED) is 0.655. The summed E-state index contributed by atoms with van der Waals surface area (Å²) >= 11 is 0. The van der Waals surface area contributed by atoms with Gasteiger partial charge in [-0.2, -0.15) is 0 Å². The number of anilines is 1. The van der Waals surface area contributed by atoms with Crippen LogP contribution in [0, 0.1) is 5.82 Å². The van der Waals surface area contributed by atoms with E-state index in [4.69, 9.17) is 4.52 Å². The number of fused-ring (bicyclic) bond motifs is 2. The third-order valence-electron chi connectivity index (χ3n) is 6.62. The standard InChI is InChI=1S/C23H28FN5O3/c1-26-9-5-18-21(26)19(30)6-10-29(23(18)31)8-2-7-27-11-13-28(14-12-27)22-17-4-3-16(24)15-20(17)32-25-22/h3-5,9,15,19,30H,2,6-8,10-14H2,1H3. The maximum atomic E-state index is 13.4. The number of benzene rings is 1. The van der Waals surface area contributed by atoms with Gasteiger partial charge in [0.25, 0.3) is 5.91 Å². The van der Waals surface area contributed by atoms with E-state index in [9.17, 15) is 14.3 Å². The molecule has 8 nitrogen and oxygen atoms in total. The first-order valence-electron chi connectivity index (χ1n) is 11.2. The Hall–Kier alpha value is -2.91. The van der Waals surface area contributed by atoms with Gasteiger partial charge >= 0.3 is 0 Å². The van der Waals surface area contributed by atoms with Crippen molar-refractivity contribution in [3.05, 3.63) is 47.5 Å². The summed E-state index contributed by atoms with van der Waals surface area (Å²) in [5.74, 6) is 0.453. The molecule has 1 amide bonds. The lowest BCUT2D eigenvalue weighted by Gasteiger charge is -2.35. The van der Waals surface area contributed by atoms with E-state index in [2.05, 4.69) is 15.0 Å². The summed E-state index contributed by atoms with van der Waals surface area (Å²) in [6, 6.07) is 6.32. The molecule has 5 rings (SSSR count). The van der Waals surface area contributed by atoms with Crippen LogP contribution < -0.4 is 4.90 Å². The molecule has 1 fully saturated rings. The Bertz CT molecular complexity index is 1120. The number of piperazine rings is 1. The maximum Gasteiger partial charge on any atom is 0.255 e. The molecule has 1 aromatic carbocycles. The van der Waals surface area contributed by atoms with Gasteiger partial charge in [0, 0.05) is 58.6 Å². The van der Waals surface area contributed by atoms with Crippen LogP contribution in [0.5, 0.6) is 0 Å². The zero-order valence-corrected chi connectivity index (χ0v) is 18.2. The Morgan fingerprint density at radius 3 is 2.78 bits per heavy atom. The first kappa shape index (κ1) is 21.0. The molecule has 0 spiro atoms. The van der Waals surface area contributed by atoms with Crippen molar-refractivity contribution in [1.29, 1.82) is 0 Å². The van der Waals surface area contributed by atoms with Gasteiger partial charge in [-0.1, -0.05) is 5.16 Å². The highest BCUT2D eigenvalue weighted by atomic mass is 19.1. The van der Waals surface area contributed by atoms with Crippen LogP contribution in [0.4, 0.5) is 10.2 Å². The number of aryl methyl sites for hydroxylation is 1. The molecule has 1 saturated heterocycles. The molecule has 2 aliphatic rings. The minimum absolute atomic E-state index is 0.0105. The number of hydrogen-bond acceptors (Lipinski definition) is 6. The third kappa shape index (κ3) is 3.86. The van der Waals surface area contributed by atoms with Crippen molar-refractivity contribution in [2.24, 2.45) is 7.05 Å². The summed E-state index contributed by atoms with van der Waals surface area (Å²) < 4.78 is 20.5. The van der Waals surface area contributed by atoms with Crippen LogP contribution in [0.25, 0.3) is 11.0 Å². The summed E-state index contributed by atoms with van der Waals surface area (Å²) in [5, 5.41) is 15.4. The van der Waals surface area contributed by atoms with Crippen molar-refractivity contribution in [3.63, 3.8) is 0 Å². The van der Waals surface area contributed by atoms with Gasteiger partial charge in [-0.3, -0.25) is 9.69 Å². The first-order valence-corrected chi connectivity index (χ1v) is 11.2. The molecule has 0 saturated carbocycles. The van der Waals surface area contributed by atoms with Gasteiger partial charge in [0.05, 0.1) is 22.7 Å². The molecule has 1 atom stereocenters. The van der Waals surface area contributed by atoms with Crippen LogP contribution in [0.15, 0.2) is 35.0 Å². The zero-order valence-electron chi connectivity index (χ0n) is 18.2. The number of carbonyl (C=O) groups is 1. The molecule has 4 heterocycles. The topological polar surface area (TPSA) is 78.0 Å². The van der Waals surface area contributed by atoms with E-state index < -0.39 is 6.10 Å². The summed E-state index contributed by atoms with van der Waals surface area (Å²) in [6.07, 6.45) is 2.68. The molecule has 0 radical (unpaired) electrons. The molecule has 32 heavy (non-hydrogen) atoms. The minimum Gasteiger partial charge on any atom is -0.387 e.